The van der Waals surface area contributed by atoms with E-state index >= 15 is 0 Å². The summed E-state index contributed by atoms with van der Waals surface area (Å²) in [4.78, 5) is 38.5. The molecule has 0 aliphatic heterocycles. The maximum atomic E-state index is 13.0. The Morgan fingerprint density at radius 3 is 2.22 bits per heavy atom. The number of rotatable bonds is 10. The first kappa shape index (κ1) is 31.7. The van der Waals surface area contributed by atoms with Crippen LogP contribution in [0.2, 0.25) is 0 Å². The molecule has 230 valence electrons. The molecular weight excluding hydrogens is 532 g/mol. The van der Waals surface area contributed by atoms with Gasteiger partial charge >= 0.3 is 17.9 Å². The van der Waals surface area contributed by atoms with Crippen LogP contribution < -0.4 is 0 Å². The number of hydrogen-bond acceptors (Lipinski definition) is 10. The minimum atomic E-state index is -1.80. The summed E-state index contributed by atoms with van der Waals surface area (Å²) in [5.41, 5.74) is -4.40. The summed E-state index contributed by atoms with van der Waals surface area (Å²) in [6, 6.07) is 0. The predicted molar refractivity (Wildman–Crippen MR) is 147 cm³/mol. The van der Waals surface area contributed by atoms with Gasteiger partial charge in [0.05, 0.1) is 12.2 Å². The van der Waals surface area contributed by atoms with Crippen LogP contribution in [0, 0.1) is 29.1 Å². The van der Waals surface area contributed by atoms with Crippen LogP contribution in [0.25, 0.3) is 0 Å². The molecule has 0 radical (unpaired) electrons. The second kappa shape index (κ2) is 11.1. The van der Waals surface area contributed by atoms with Crippen LogP contribution in [0.1, 0.15) is 73.6 Å². The fourth-order valence-electron chi connectivity index (χ4n) is 8.30. The van der Waals surface area contributed by atoms with Crippen molar-refractivity contribution in [3.8, 4) is 0 Å². The van der Waals surface area contributed by atoms with E-state index in [1.807, 2.05) is 27.7 Å². The maximum Gasteiger partial charge on any atom is 0.332 e. The average molecular weight is 579 g/mol. The van der Waals surface area contributed by atoms with E-state index in [2.05, 4.69) is 0 Å². The SMILES string of the molecule is CCCC(=O)O[C@@H]1[C@@H](C)[C@]2(O)[C@@H]3C=C(C)[C@H](OC(=O)COC)[C@@]3(O)CC(CO)=C[C@H]2[C@@H]2C(C)(C)[C@]12OC(=O)CCC. The molecule has 10 heteroatoms. The highest BCUT2D eigenvalue weighted by Crippen LogP contribution is 2.77. The Kier molecular flexibility index (Phi) is 8.57. The molecule has 0 saturated heterocycles. The Bertz CT molecular complexity index is 1130. The minimum absolute atomic E-state index is 0.0610. The summed E-state index contributed by atoms with van der Waals surface area (Å²) >= 11 is 0. The second-order valence-corrected chi connectivity index (χ2v) is 12.9. The average Bonchev–Trinajstić information content (AvgIpc) is 3.30. The zero-order valence-corrected chi connectivity index (χ0v) is 25.3. The number of esters is 3. The first-order chi connectivity index (χ1) is 19.2. The van der Waals surface area contributed by atoms with Gasteiger partial charge in [-0.2, -0.15) is 0 Å². The van der Waals surface area contributed by atoms with E-state index in [0.29, 0.717) is 24.0 Å². The van der Waals surface area contributed by atoms with Crippen molar-refractivity contribution in [2.24, 2.45) is 29.1 Å². The molecule has 3 N–H and O–H groups in total. The monoisotopic (exact) mass is 578 g/mol. The van der Waals surface area contributed by atoms with Crippen LogP contribution in [0.3, 0.4) is 0 Å². The summed E-state index contributed by atoms with van der Waals surface area (Å²) < 4.78 is 23.0. The van der Waals surface area contributed by atoms with Gasteiger partial charge in [0.2, 0.25) is 0 Å². The van der Waals surface area contributed by atoms with Crippen molar-refractivity contribution >= 4 is 17.9 Å². The van der Waals surface area contributed by atoms with E-state index in [1.54, 1.807) is 26.0 Å². The van der Waals surface area contributed by atoms with E-state index in [0.717, 1.165) is 0 Å². The summed E-state index contributed by atoms with van der Waals surface area (Å²) in [6.45, 7) is 10.4. The highest BCUT2D eigenvalue weighted by atomic mass is 16.6. The normalized spacial score (nSPS) is 40.1. The molecule has 0 unspecified atom stereocenters. The quantitative estimate of drug-likeness (QED) is 0.201. The van der Waals surface area contributed by atoms with Crippen LogP contribution in [0.5, 0.6) is 0 Å². The van der Waals surface area contributed by atoms with Gasteiger partial charge in [0, 0.05) is 55.5 Å². The highest BCUT2D eigenvalue weighted by molar-refractivity contribution is 5.73. The number of ether oxygens (including phenoxy) is 4. The largest absolute Gasteiger partial charge is 0.458 e. The summed E-state index contributed by atoms with van der Waals surface area (Å²) in [6.07, 6.45) is 2.86. The lowest BCUT2D eigenvalue weighted by atomic mass is 9.58. The van der Waals surface area contributed by atoms with Gasteiger partial charge in [-0.3, -0.25) is 9.59 Å². The lowest BCUT2D eigenvalue weighted by molar-refractivity contribution is -0.237. The van der Waals surface area contributed by atoms with Crippen LogP contribution in [-0.4, -0.2) is 82.6 Å². The second-order valence-electron chi connectivity index (χ2n) is 12.9. The molecule has 4 rings (SSSR count). The van der Waals surface area contributed by atoms with Crippen LogP contribution in [0.4, 0.5) is 0 Å². The molecule has 2 fully saturated rings. The van der Waals surface area contributed by atoms with Crippen molar-refractivity contribution in [2.75, 3.05) is 20.3 Å². The van der Waals surface area contributed by atoms with E-state index < -0.39 is 82.6 Å². The molecule has 4 aliphatic rings. The third-order valence-electron chi connectivity index (χ3n) is 10.1. The Hall–Kier alpha value is -2.27. The molecule has 0 aromatic heterocycles. The van der Waals surface area contributed by atoms with E-state index in [1.165, 1.54) is 7.11 Å². The van der Waals surface area contributed by atoms with Crippen molar-refractivity contribution in [3.63, 3.8) is 0 Å². The number of carbonyl (C=O) groups is 3. The van der Waals surface area contributed by atoms with Crippen LogP contribution in [0.15, 0.2) is 23.3 Å². The highest BCUT2D eigenvalue weighted by Gasteiger charge is 2.88. The standard InChI is InChI=1S/C31H46O10/c1-8-10-22(33)39-27-18(4)30(37)20(25-28(5,6)31(25,27)41-23(34)11-9-2)13-19(15-32)14-29(36)21(30)12-17(3)26(29)40-24(35)16-38-7/h12-13,18,20-21,25-27,32,36-37H,8-11,14-16H2,1-7H3/t18-,20+,21-,25-,26+,27-,29-,30-,31-/m1/s1. The van der Waals surface area contributed by atoms with Gasteiger partial charge in [-0.05, 0) is 30.9 Å². The summed E-state index contributed by atoms with van der Waals surface area (Å²) in [7, 11) is 1.36. The Morgan fingerprint density at radius 1 is 1.00 bits per heavy atom. The van der Waals surface area contributed by atoms with Crippen LogP contribution >= 0.6 is 0 Å². The van der Waals surface area contributed by atoms with Gasteiger partial charge < -0.3 is 34.3 Å². The topological polar surface area (TPSA) is 149 Å². The van der Waals surface area contributed by atoms with E-state index in [-0.39, 0.29) is 25.9 Å². The Balaban J connectivity index is 1.88. The van der Waals surface area contributed by atoms with Crippen LogP contribution in [-0.2, 0) is 33.3 Å². The molecular formula is C31H46O10. The molecule has 0 heterocycles. The van der Waals surface area contributed by atoms with Gasteiger partial charge in [0.1, 0.15) is 18.3 Å². The molecule has 0 spiro atoms. The summed E-state index contributed by atoms with van der Waals surface area (Å²) in [5, 5.41) is 35.7. The van der Waals surface area contributed by atoms with E-state index in [4.69, 9.17) is 18.9 Å². The third-order valence-corrected chi connectivity index (χ3v) is 10.1. The Morgan fingerprint density at radius 2 is 1.63 bits per heavy atom. The van der Waals surface area contributed by atoms with Crippen molar-refractivity contribution < 1.29 is 48.7 Å². The number of fused-ring (bicyclic) bond motifs is 5. The molecule has 2 saturated carbocycles. The Labute approximate surface area is 242 Å². The molecule has 0 bridgehead atoms. The zero-order chi connectivity index (χ0) is 30.5. The molecule has 4 aliphatic carbocycles. The summed E-state index contributed by atoms with van der Waals surface area (Å²) in [5.74, 6) is -4.47. The third kappa shape index (κ3) is 4.65. The van der Waals surface area contributed by atoms with Gasteiger partial charge in [0.25, 0.3) is 0 Å². The smallest absolute Gasteiger partial charge is 0.332 e. The predicted octanol–water partition coefficient (Wildman–Crippen LogP) is 2.62. The molecule has 9 atom stereocenters. The number of aliphatic hydroxyl groups excluding tert-OH is 1. The molecule has 10 nitrogen and oxygen atoms in total. The van der Waals surface area contributed by atoms with Gasteiger partial charge in [-0.1, -0.05) is 46.8 Å². The minimum Gasteiger partial charge on any atom is -0.458 e. The first-order valence-electron chi connectivity index (χ1n) is 14.7. The molecule has 0 aromatic carbocycles. The number of hydrogen-bond donors (Lipinski definition) is 3. The van der Waals surface area contributed by atoms with Gasteiger partial charge in [-0.15, -0.1) is 0 Å². The maximum absolute atomic E-state index is 13.0. The van der Waals surface area contributed by atoms with Crippen molar-refractivity contribution in [1.29, 1.82) is 0 Å². The van der Waals surface area contributed by atoms with Crippen molar-refractivity contribution in [1.82, 2.24) is 0 Å². The lowest BCUT2D eigenvalue weighted by Crippen LogP contribution is -2.66. The van der Waals surface area contributed by atoms with E-state index in [9.17, 15) is 29.7 Å². The van der Waals surface area contributed by atoms with Crippen molar-refractivity contribution in [3.05, 3.63) is 23.3 Å². The molecule has 0 amide bonds. The number of carbonyl (C=O) groups excluding carboxylic acids is 3. The van der Waals surface area contributed by atoms with Crippen molar-refractivity contribution in [2.45, 2.75) is 103 Å². The number of aliphatic hydroxyl groups is 3. The zero-order valence-electron chi connectivity index (χ0n) is 25.3. The lowest BCUT2D eigenvalue weighted by Gasteiger charge is -2.53. The van der Waals surface area contributed by atoms with Gasteiger partial charge in [0.15, 0.2) is 11.7 Å². The molecule has 41 heavy (non-hydrogen) atoms. The number of methoxy groups -OCH3 is 1. The molecule has 0 aromatic rings. The van der Waals surface area contributed by atoms with Gasteiger partial charge in [-0.25, -0.2) is 4.79 Å². The first-order valence-corrected chi connectivity index (χ1v) is 14.7. The fourth-order valence-corrected chi connectivity index (χ4v) is 8.30. The fraction of sp³-hybridized carbons (Fsp3) is 0.774.